The Morgan fingerprint density at radius 1 is 1.27 bits per heavy atom. The molecule has 1 aromatic carbocycles. The van der Waals surface area contributed by atoms with Crippen LogP contribution < -0.4 is 10.5 Å². The van der Waals surface area contributed by atoms with Crippen molar-refractivity contribution in [3.05, 3.63) is 28.2 Å². The molecule has 0 aromatic heterocycles. The van der Waals surface area contributed by atoms with Crippen molar-refractivity contribution in [3.8, 4) is 5.75 Å². The number of hydrogen-bond acceptors (Lipinski definition) is 3. The molecule has 1 atom stereocenters. The Bertz CT molecular complexity index is 300. The maximum atomic E-state index is 9.38. The van der Waals surface area contributed by atoms with Crippen molar-refractivity contribution in [2.24, 2.45) is 5.73 Å². The molecule has 5 heteroatoms. The smallest absolute Gasteiger partial charge is 0.122 e. The minimum Gasteiger partial charge on any atom is -0.491 e. The monoisotopic (exact) mass is 249 g/mol. The molecule has 0 heterocycles. The average molecular weight is 250 g/mol. The zero-order chi connectivity index (χ0) is 11.3. The van der Waals surface area contributed by atoms with Crippen LogP contribution in [0, 0.1) is 0 Å². The Labute approximate surface area is 98.7 Å². The summed E-state index contributed by atoms with van der Waals surface area (Å²) >= 11 is 11.6. The summed E-state index contributed by atoms with van der Waals surface area (Å²) in [5, 5.41) is 10.4. The van der Waals surface area contributed by atoms with Gasteiger partial charge in [0.05, 0.1) is 6.10 Å². The highest BCUT2D eigenvalue weighted by atomic mass is 35.5. The molecule has 0 saturated heterocycles. The van der Waals surface area contributed by atoms with Gasteiger partial charge in [0.25, 0.3) is 0 Å². The Balaban J connectivity index is 2.50. The minimum absolute atomic E-state index is 0.188. The van der Waals surface area contributed by atoms with E-state index in [2.05, 4.69) is 0 Å². The lowest BCUT2D eigenvalue weighted by Crippen LogP contribution is -2.21. The van der Waals surface area contributed by atoms with Crippen LogP contribution in [0.25, 0.3) is 0 Å². The van der Waals surface area contributed by atoms with Gasteiger partial charge in [0.15, 0.2) is 0 Å². The molecule has 0 spiro atoms. The predicted molar refractivity (Wildman–Crippen MR) is 61.6 cm³/mol. The molecule has 0 fully saturated rings. The lowest BCUT2D eigenvalue weighted by atomic mass is 10.3. The molecule has 84 valence electrons. The SMILES string of the molecule is NCCC(O)COc1cc(Cl)cc(Cl)c1. The van der Waals surface area contributed by atoms with Crippen LogP contribution in [0.1, 0.15) is 6.42 Å². The van der Waals surface area contributed by atoms with Crippen LogP contribution in [0.3, 0.4) is 0 Å². The molecule has 3 N–H and O–H groups in total. The Kier molecular flexibility index (Phi) is 5.19. The second-order valence-corrected chi connectivity index (χ2v) is 4.02. The van der Waals surface area contributed by atoms with Crippen LogP contribution in [-0.2, 0) is 0 Å². The summed E-state index contributed by atoms with van der Waals surface area (Å²) in [5.41, 5.74) is 5.29. The first-order valence-corrected chi connectivity index (χ1v) is 5.34. The topological polar surface area (TPSA) is 55.5 Å². The molecule has 0 radical (unpaired) electrons. The predicted octanol–water partition coefficient (Wildman–Crippen LogP) is 2.08. The van der Waals surface area contributed by atoms with Gasteiger partial charge in [0.1, 0.15) is 12.4 Å². The van der Waals surface area contributed by atoms with Gasteiger partial charge in [0.2, 0.25) is 0 Å². The fourth-order valence-electron chi connectivity index (χ4n) is 1.08. The van der Waals surface area contributed by atoms with E-state index >= 15 is 0 Å². The lowest BCUT2D eigenvalue weighted by Gasteiger charge is -2.11. The van der Waals surface area contributed by atoms with Crippen LogP contribution >= 0.6 is 23.2 Å². The molecule has 0 saturated carbocycles. The molecule has 0 bridgehead atoms. The van der Waals surface area contributed by atoms with E-state index in [1.165, 1.54) is 0 Å². The number of benzene rings is 1. The van der Waals surface area contributed by atoms with Crippen LogP contribution in [-0.4, -0.2) is 24.4 Å². The van der Waals surface area contributed by atoms with Gasteiger partial charge in [-0.05, 0) is 31.2 Å². The molecular formula is C10H13Cl2NO2. The third kappa shape index (κ3) is 4.71. The summed E-state index contributed by atoms with van der Waals surface area (Å²) in [6.07, 6.45) is -0.0540. The van der Waals surface area contributed by atoms with Gasteiger partial charge in [-0.1, -0.05) is 23.2 Å². The number of rotatable bonds is 5. The normalized spacial score (nSPS) is 12.5. The molecule has 0 aliphatic rings. The minimum atomic E-state index is -0.562. The number of hydrogen-bond donors (Lipinski definition) is 2. The highest BCUT2D eigenvalue weighted by Gasteiger charge is 2.05. The quantitative estimate of drug-likeness (QED) is 0.841. The molecule has 15 heavy (non-hydrogen) atoms. The van der Waals surface area contributed by atoms with Crippen molar-refractivity contribution in [2.45, 2.75) is 12.5 Å². The van der Waals surface area contributed by atoms with Gasteiger partial charge < -0.3 is 15.6 Å². The van der Waals surface area contributed by atoms with Crippen LogP contribution in [0.15, 0.2) is 18.2 Å². The van der Waals surface area contributed by atoms with Gasteiger partial charge in [-0.3, -0.25) is 0 Å². The highest BCUT2D eigenvalue weighted by Crippen LogP contribution is 2.24. The zero-order valence-corrected chi connectivity index (χ0v) is 9.63. The molecule has 1 rings (SSSR count). The molecule has 0 aliphatic heterocycles. The van der Waals surface area contributed by atoms with Crippen molar-refractivity contribution in [3.63, 3.8) is 0 Å². The Hall–Kier alpha value is -0.480. The van der Waals surface area contributed by atoms with Crippen LogP contribution in [0.2, 0.25) is 10.0 Å². The van der Waals surface area contributed by atoms with Gasteiger partial charge in [-0.15, -0.1) is 0 Å². The van der Waals surface area contributed by atoms with Gasteiger partial charge in [-0.2, -0.15) is 0 Å². The summed E-state index contributed by atoms with van der Waals surface area (Å²) in [5.74, 6) is 0.545. The molecular weight excluding hydrogens is 237 g/mol. The number of aliphatic hydroxyl groups excluding tert-OH is 1. The summed E-state index contributed by atoms with van der Waals surface area (Å²) in [4.78, 5) is 0. The van der Waals surface area contributed by atoms with Crippen LogP contribution in [0.5, 0.6) is 5.75 Å². The van der Waals surface area contributed by atoms with Crippen molar-refractivity contribution in [2.75, 3.05) is 13.2 Å². The van der Waals surface area contributed by atoms with E-state index in [1.54, 1.807) is 18.2 Å². The fraction of sp³-hybridized carbons (Fsp3) is 0.400. The molecule has 1 unspecified atom stereocenters. The van der Waals surface area contributed by atoms with E-state index in [9.17, 15) is 5.11 Å². The second-order valence-electron chi connectivity index (χ2n) is 3.15. The largest absolute Gasteiger partial charge is 0.491 e. The third-order valence-corrected chi connectivity index (χ3v) is 2.21. The highest BCUT2D eigenvalue weighted by molar-refractivity contribution is 6.34. The van der Waals surface area contributed by atoms with Crippen molar-refractivity contribution < 1.29 is 9.84 Å². The third-order valence-electron chi connectivity index (χ3n) is 1.78. The maximum absolute atomic E-state index is 9.38. The van der Waals surface area contributed by atoms with E-state index < -0.39 is 6.10 Å². The molecule has 0 amide bonds. The van der Waals surface area contributed by atoms with E-state index in [4.69, 9.17) is 33.7 Å². The molecule has 1 aromatic rings. The standard InChI is InChI=1S/C10H13Cl2NO2/c11-7-3-8(12)5-10(4-7)15-6-9(14)1-2-13/h3-5,9,14H,1-2,6,13H2. The number of aliphatic hydroxyl groups is 1. The fourth-order valence-corrected chi connectivity index (χ4v) is 1.59. The Morgan fingerprint density at radius 3 is 2.40 bits per heavy atom. The van der Waals surface area contributed by atoms with Gasteiger partial charge in [-0.25, -0.2) is 0 Å². The summed E-state index contributed by atoms with van der Waals surface area (Å²) < 4.78 is 5.31. The maximum Gasteiger partial charge on any atom is 0.122 e. The lowest BCUT2D eigenvalue weighted by molar-refractivity contribution is 0.102. The molecule has 0 aliphatic carbocycles. The van der Waals surface area contributed by atoms with Gasteiger partial charge >= 0.3 is 0 Å². The summed E-state index contributed by atoms with van der Waals surface area (Å²) in [6, 6.07) is 4.90. The van der Waals surface area contributed by atoms with E-state index in [0.717, 1.165) is 0 Å². The Morgan fingerprint density at radius 2 is 1.87 bits per heavy atom. The van der Waals surface area contributed by atoms with Crippen LogP contribution in [0.4, 0.5) is 0 Å². The second kappa shape index (κ2) is 6.18. The van der Waals surface area contributed by atoms with Gasteiger partial charge in [0, 0.05) is 10.0 Å². The van der Waals surface area contributed by atoms with Crippen molar-refractivity contribution >= 4 is 23.2 Å². The van der Waals surface area contributed by atoms with Crippen molar-refractivity contribution in [1.29, 1.82) is 0 Å². The summed E-state index contributed by atoms with van der Waals surface area (Å²) in [6.45, 7) is 0.620. The number of ether oxygens (including phenoxy) is 1. The van der Waals surface area contributed by atoms with E-state index in [1.807, 2.05) is 0 Å². The zero-order valence-electron chi connectivity index (χ0n) is 8.12. The van der Waals surface area contributed by atoms with E-state index in [-0.39, 0.29) is 6.61 Å². The first kappa shape index (κ1) is 12.6. The van der Waals surface area contributed by atoms with Crippen molar-refractivity contribution in [1.82, 2.24) is 0 Å². The average Bonchev–Trinajstić information content (AvgIpc) is 2.14. The number of halogens is 2. The molecule has 3 nitrogen and oxygen atoms in total. The van der Waals surface area contributed by atoms with E-state index in [0.29, 0.717) is 28.8 Å². The number of nitrogens with two attached hydrogens (primary N) is 1. The first-order valence-electron chi connectivity index (χ1n) is 4.59. The first-order chi connectivity index (χ1) is 7.11. The summed E-state index contributed by atoms with van der Waals surface area (Å²) in [7, 11) is 0.